The third-order valence-corrected chi connectivity index (χ3v) is 1.85. The maximum Gasteiger partial charge on any atom is 0.284 e. The van der Waals surface area contributed by atoms with E-state index in [2.05, 4.69) is 33.9 Å². The van der Waals surface area contributed by atoms with Crippen LogP contribution in [0.4, 0.5) is 0 Å². The van der Waals surface area contributed by atoms with Gasteiger partial charge in [-0.05, 0) is 19.3 Å². The lowest BCUT2D eigenvalue weighted by Gasteiger charge is -2.27. The standard InChI is InChI=1S/C14H26N2O/c1-11(2)8-16(9-12(3)4)13(15)17-10-14(5,6)7/h15H,1,3,8-10H2,2,4-7H3. The van der Waals surface area contributed by atoms with Gasteiger partial charge in [-0.15, -0.1) is 0 Å². The highest BCUT2D eigenvalue weighted by atomic mass is 16.5. The van der Waals surface area contributed by atoms with Crippen molar-refractivity contribution in [3.05, 3.63) is 24.3 Å². The molecule has 0 radical (unpaired) electrons. The van der Waals surface area contributed by atoms with E-state index >= 15 is 0 Å². The summed E-state index contributed by atoms with van der Waals surface area (Å²) in [6, 6.07) is 0.200. The Balaban J connectivity index is 4.42. The average molecular weight is 238 g/mol. The molecule has 98 valence electrons. The lowest BCUT2D eigenvalue weighted by atomic mass is 9.99. The van der Waals surface area contributed by atoms with Crippen molar-refractivity contribution in [2.45, 2.75) is 34.6 Å². The van der Waals surface area contributed by atoms with Crippen molar-refractivity contribution in [3.8, 4) is 0 Å². The molecule has 17 heavy (non-hydrogen) atoms. The summed E-state index contributed by atoms with van der Waals surface area (Å²) in [7, 11) is 0. The van der Waals surface area contributed by atoms with E-state index in [-0.39, 0.29) is 11.4 Å². The molecule has 1 N–H and O–H groups in total. The van der Waals surface area contributed by atoms with Crippen LogP contribution in [0.1, 0.15) is 34.6 Å². The first kappa shape index (κ1) is 15.8. The molecule has 0 amide bonds. The van der Waals surface area contributed by atoms with Gasteiger partial charge in [0.2, 0.25) is 0 Å². The Hall–Kier alpha value is -1.25. The molecule has 0 unspecified atom stereocenters. The Morgan fingerprint density at radius 1 is 1.12 bits per heavy atom. The predicted octanol–water partition coefficient (Wildman–Crippen LogP) is 3.44. The predicted molar refractivity (Wildman–Crippen MR) is 74.3 cm³/mol. The molecule has 3 heteroatoms. The fourth-order valence-corrected chi connectivity index (χ4v) is 1.23. The van der Waals surface area contributed by atoms with E-state index in [0.29, 0.717) is 19.7 Å². The van der Waals surface area contributed by atoms with Crippen molar-refractivity contribution in [1.29, 1.82) is 5.41 Å². The van der Waals surface area contributed by atoms with Crippen LogP contribution in [0, 0.1) is 10.8 Å². The highest BCUT2D eigenvalue weighted by Crippen LogP contribution is 2.14. The van der Waals surface area contributed by atoms with Gasteiger partial charge in [0.25, 0.3) is 6.02 Å². The molecule has 0 aromatic rings. The van der Waals surface area contributed by atoms with Gasteiger partial charge in [-0.1, -0.05) is 45.1 Å². The second-order valence-electron chi connectivity index (χ2n) is 5.92. The van der Waals surface area contributed by atoms with Gasteiger partial charge in [-0.25, -0.2) is 0 Å². The van der Waals surface area contributed by atoms with Crippen molar-refractivity contribution in [3.63, 3.8) is 0 Å². The van der Waals surface area contributed by atoms with Crippen LogP contribution in [0.15, 0.2) is 24.3 Å². The van der Waals surface area contributed by atoms with Gasteiger partial charge >= 0.3 is 0 Å². The van der Waals surface area contributed by atoms with Crippen LogP contribution in [0.5, 0.6) is 0 Å². The highest BCUT2D eigenvalue weighted by Gasteiger charge is 2.16. The van der Waals surface area contributed by atoms with Gasteiger partial charge in [0.15, 0.2) is 0 Å². The summed E-state index contributed by atoms with van der Waals surface area (Å²) < 4.78 is 5.50. The third kappa shape index (κ3) is 8.55. The van der Waals surface area contributed by atoms with Gasteiger partial charge in [-0.3, -0.25) is 5.41 Å². The van der Waals surface area contributed by atoms with Crippen molar-refractivity contribution in [1.82, 2.24) is 4.90 Å². The van der Waals surface area contributed by atoms with E-state index < -0.39 is 0 Å². The van der Waals surface area contributed by atoms with Crippen molar-refractivity contribution < 1.29 is 4.74 Å². The summed E-state index contributed by atoms with van der Waals surface area (Å²) in [5.74, 6) is 0. The minimum Gasteiger partial charge on any atom is -0.465 e. The van der Waals surface area contributed by atoms with E-state index in [9.17, 15) is 0 Å². The van der Waals surface area contributed by atoms with Crippen LogP contribution in [-0.2, 0) is 4.74 Å². The smallest absolute Gasteiger partial charge is 0.284 e. The fraction of sp³-hybridized carbons (Fsp3) is 0.643. The molecule has 0 aliphatic rings. The summed E-state index contributed by atoms with van der Waals surface area (Å²) in [5.41, 5.74) is 2.08. The first-order valence-corrected chi connectivity index (χ1v) is 5.87. The van der Waals surface area contributed by atoms with Gasteiger partial charge in [0, 0.05) is 13.1 Å². The van der Waals surface area contributed by atoms with Crippen LogP contribution in [0.3, 0.4) is 0 Å². The number of nitrogens with one attached hydrogen (secondary N) is 1. The molecule has 3 nitrogen and oxygen atoms in total. The molecule has 0 aliphatic heterocycles. The molecular weight excluding hydrogens is 212 g/mol. The molecule has 0 atom stereocenters. The first-order chi connectivity index (χ1) is 7.61. The highest BCUT2D eigenvalue weighted by molar-refractivity contribution is 5.71. The molecule has 0 spiro atoms. The van der Waals surface area contributed by atoms with E-state index in [1.165, 1.54) is 0 Å². The molecular formula is C14H26N2O. The molecule has 0 fully saturated rings. The van der Waals surface area contributed by atoms with Crippen molar-refractivity contribution in [2.75, 3.05) is 19.7 Å². The van der Waals surface area contributed by atoms with E-state index in [1.54, 1.807) is 0 Å². The minimum atomic E-state index is 0.0599. The van der Waals surface area contributed by atoms with Crippen LogP contribution < -0.4 is 0 Å². The maximum absolute atomic E-state index is 7.93. The second-order valence-corrected chi connectivity index (χ2v) is 5.92. The summed E-state index contributed by atoms with van der Waals surface area (Å²) in [4.78, 5) is 1.84. The Labute approximate surface area is 106 Å². The zero-order valence-corrected chi connectivity index (χ0v) is 11.9. The Bertz CT molecular complexity index is 284. The topological polar surface area (TPSA) is 36.3 Å². The average Bonchev–Trinajstić information content (AvgIpc) is 2.10. The number of amidine groups is 1. The number of hydrogen-bond acceptors (Lipinski definition) is 2. The molecule has 0 saturated heterocycles. The summed E-state index contributed by atoms with van der Waals surface area (Å²) >= 11 is 0. The van der Waals surface area contributed by atoms with Crippen LogP contribution in [0.2, 0.25) is 0 Å². The lowest BCUT2D eigenvalue weighted by molar-refractivity contribution is 0.155. The lowest BCUT2D eigenvalue weighted by Crippen LogP contribution is -2.36. The SMILES string of the molecule is C=C(C)CN(CC(=C)C)C(=N)OCC(C)(C)C. The van der Waals surface area contributed by atoms with Crippen LogP contribution in [-0.4, -0.2) is 30.6 Å². The largest absolute Gasteiger partial charge is 0.465 e. The summed E-state index contributed by atoms with van der Waals surface area (Å²) in [6.45, 7) is 19.7. The molecule has 0 aromatic carbocycles. The van der Waals surface area contributed by atoms with E-state index in [0.717, 1.165) is 11.1 Å². The summed E-state index contributed by atoms with van der Waals surface area (Å²) in [6.07, 6.45) is 0. The van der Waals surface area contributed by atoms with Crippen molar-refractivity contribution >= 4 is 6.02 Å². The molecule has 0 bridgehead atoms. The number of hydrogen-bond donors (Lipinski definition) is 1. The second kappa shape index (κ2) is 6.48. The number of rotatable bonds is 5. The van der Waals surface area contributed by atoms with Gasteiger partial charge < -0.3 is 9.64 Å². The van der Waals surface area contributed by atoms with E-state index in [4.69, 9.17) is 10.1 Å². The normalized spacial score (nSPS) is 10.9. The monoisotopic (exact) mass is 238 g/mol. The minimum absolute atomic E-state index is 0.0599. The molecule has 0 aromatic heterocycles. The van der Waals surface area contributed by atoms with Crippen molar-refractivity contribution in [2.24, 2.45) is 5.41 Å². The first-order valence-electron chi connectivity index (χ1n) is 5.87. The maximum atomic E-state index is 7.93. The summed E-state index contributed by atoms with van der Waals surface area (Å²) in [5, 5.41) is 7.93. The molecule has 0 heterocycles. The molecule has 0 aliphatic carbocycles. The zero-order chi connectivity index (χ0) is 13.6. The number of ether oxygens (including phenoxy) is 1. The van der Waals surface area contributed by atoms with Gasteiger partial charge in [0.05, 0.1) is 6.61 Å². The quantitative estimate of drug-likeness (QED) is 0.452. The van der Waals surface area contributed by atoms with E-state index in [1.807, 2.05) is 18.7 Å². The third-order valence-electron chi connectivity index (χ3n) is 1.85. The Morgan fingerprint density at radius 2 is 1.53 bits per heavy atom. The Morgan fingerprint density at radius 3 is 1.82 bits per heavy atom. The Kier molecular flexibility index (Phi) is 6.00. The van der Waals surface area contributed by atoms with Crippen LogP contribution in [0.25, 0.3) is 0 Å². The molecule has 0 saturated carbocycles. The zero-order valence-electron chi connectivity index (χ0n) is 11.9. The van der Waals surface area contributed by atoms with Gasteiger partial charge in [-0.2, -0.15) is 0 Å². The number of nitrogens with zero attached hydrogens (tertiary/aromatic N) is 1. The van der Waals surface area contributed by atoms with Gasteiger partial charge in [0.1, 0.15) is 0 Å². The molecule has 0 rings (SSSR count). The van der Waals surface area contributed by atoms with Crippen LogP contribution >= 0.6 is 0 Å². The fourth-order valence-electron chi connectivity index (χ4n) is 1.23.